The number of nitrogens with one attached hydrogen (secondary N) is 1. The highest BCUT2D eigenvalue weighted by atomic mass is 32.2. The Morgan fingerprint density at radius 1 is 1.35 bits per heavy atom. The van der Waals surface area contributed by atoms with Gasteiger partial charge in [-0.25, -0.2) is 8.42 Å². The van der Waals surface area contributed by atoms with E-state index in [1.54, 1.807) is 0 Å². The summed E-state index contributed by atoms with van der Waals surface area (Å²) in [6.45, 7) is 9.13. The first-order valence-corrected chi connectivity index (χ1v) is 8.40. The van der Waals surface area contributed by atoms with Crippen molar-refractivity contribution in [1.29, 1.82) is 0 Å². The summed E-state index contributed by atoms with van der Waals surface area (Å²) in [5.41, 5.74) is 0.130. The number of nitrogens with zero attached hydrogens (tertiary/aromatic N) is 1. The molecule has 1 aliphatic heterocycles. The quantitative estimate of drug-likeness (QED) is 0.799. The molecular weight excluding hydrogens is 236 g/mol. The van der Waals surface area contributed by atoms with E-state index in [4.69, 9.17) is 0 Å². The van der Waals surface area contributed by atoms with E-state index in [0.29, 0.717) is 12.6 Å². The maximum Gasteiger partial charge on any atom is 0.148 e. The van der Waals surface area contributed by atoms with Gasteiger partial charge in [-0.2, -0.15) is 0 Å². The third kappa shape index (κ3) is 6.38. The minimum absolute atomic E-state index is 0.130. The zero-order valence-electron chi connectivity index (χ0n) is 11.5. The number of hydrogen-bond donors (Lipinski definition) is 1. The van der Waals surface area contributed by atoms with Gasteiger partial charge in [-0.1, -0.05) is 0 Å². The summed E-state index contributed by atoms with van der Waals surface area (Å²) < 4.78 is 22.3. The molecule has 1 fully saturated rings. The first-order valence-electron chi connectivity index (χ1n) is 6.34. The molecular formula is C12H26N2O2S. The number of hydrogen-bond acceptors (Lipinski definition) is 4. The molecule has 0 radical (unpaired) electrons. The Bertz CT molecular complexity index is 333. The van der Waals surface area contributed by atoms with Gasteiger partial charge in [0, 0.05) is 30.9 Å². The van der Waals surface area contributed by atoms with Crippen LogP contribution in [0, 0.1) is 0 Å². The van der Waals surface area contributed by atoms with Crippen LogP contribution in [-0.2, 0) is 9.84 Å². The van der Waals surface area contributed by atoms with Gasteiger partial charge in [0.05, 0.1) is 5.75 Å². The van der Waals surface area contributed by atoms with Crippen LogP contribution in [0.5, 0.6) is 0 Å². The Morgan fingerprint density at radius 2 is 2.00 bits per heavy atom. The summed E-state index contributed by atoms with van der Waals surface area (Å²) in [6.07, 6.45) is 3.67. The summed E-state index contributed by atoms with van der Waals surface area (Å²) in [7, 11) is -2.84. The number of rotatable bonds is 5. The lowest BCUT2D eigenvalue weighted by molar-refractivity contribution is 0.245. The molecule has 1 rings (SSSR count). The van der Waals surface area contributed by atoms with Gasteiger partial charge in [0.1, 0.15) is 9.84 Å². The van der Waals surface area contributed by atoms with Crippen molar-refractivity contribution in [3.63, 3.8) is 0 Å². The molecule has 0 aromatic heterocycles. The van der Waals surface area contributed by atoms with Crippen LogP contribution in [0.4, 0.5) is 0 Å². The summed E-state index contributed by atoms with van der Waals surface area (Å²) in [5.74, 6) is 0.277. The Balaban J connectivity index is 2.39. The normalized spacial score (nSPS) is 23.2. The minimum atomic E-state index is -2.84. The molecule has 1 unspecified atom stereocenters. The predicted molar refractivity (Wildman–Crippen MR) is 72.1 cm³/mol. The molecule has 1 saturated heterocycles. The molecule has 0 spiro atoms. The number of sulfone groups is 1. The lowest BCUT2D eigenvalue weighted by atomic mass is 10.1. The van der Waals surface area contributed by atoms with Crippen molar-refractivity contribution in [2.24, 2.45) is 0 Å². The molecule has 0 aromatic carbocycles. The van der Waals surface area contributed by atoms with E-state index in [-0.39, 0.29) is 11.3 Å². The van der Waals surface area contributed by atoms with Gasteiger partial charge >= 0.3 is 0 Å². The van der Waals surface area contributed by atoms with E-state index in [1.165, 1.54) is 19.1 Å². The molecule has 1 N–H and O–H groups in total. The Morgan fingerprint density at radius 3 is 2.53 bits per heavy atom. The van der Waals surface area contributed by atoms with E-state index < -0.39 is 9.84 Å². The van der Waals surface area contributed by atoms with Crippen LogP contribution in [0.1, 0.15) is 33.6 Å². The maximum atomic E-state index is 11.2. The first-order chi connectivity index (χ1) is 7.67. The molecule has 0 bridgehead atoms. The van der Waals surface area contributed by atoms with Crippen molar-refractivity contribution in [1.82, 2.24) is 10.2 Å². The van der Waals surface area contributed by atoms with E-state index >= 15 is 0 Å². The lowest BCUT2D eigenvalue weighted by Gasteiger charge is -2.28. The highest BCUT2D eigenvalue weighted by molar-refractivity contribution is 7.90. The highest BCUT2D eigenvalue weighted by Gasteiger charge is 2.25. The topological polar surface area (TPSA) is 49.4 Å². The van der Waals surface area contributed by atoms with Crippen LogP contribution in [0.25, 0.3) is 0 Å². The van der Waals surface area contributed by atoms with Crippen LogP contribution in [-0.4, -0.2) is 56.5 Å². The maximum absolute atomic E-state index is 11.2. The molecule has 1 heterocycles. The van der Waals surface area contributed by atoms with Crippen LogP contribution in [0.15, 0.2) is 0 Å². The highest BCUT2D eigenvalue weighted by Crippen LogP contribution is 2.17. The van der Waals surface area contributed by atoms with Gasteiger partial charge in [-0.15, -0.1) is 0 Å². The van der Waals surface area contributed by atoms with Crippen molar-refractivity contribution < 1.29 is 8.42 Å². The molecule has 0 aromatic rings. The molecule has 0 amide bonds. The Kier molecular flexibility index (Phi) is 4.98. The fraction of sp³-hybridized carbons (Fsp3) is 1.00. The van der Waals surface area contributed by atoms with Gasteiger partial charge in [0.2, 0.25) is 0 Å². The smallest absolute Gasteiger partial charge is 0.148 e. The fourth-order valence-electron chi connectivity index (χ4n) is 2.13. The van der Waals surface area contributed by atoms with Crippen LogP contribution in [0.2, 0.25) is 0 Å². The van der Waals surface area contributed by atoms with Crippen LogP contribution in [0.3, 0.4) is 0 Å². The van der Waals surface area contributed by atoms with Crippen molar-refractivity contribution in [2.45, 2.75) is 45.2 Å². The molecule has 1 atom stereocenters. The third-order valence-corrected chi connectivity index (χ3v) is 4.04. The second-order valence-corrected chi connectivity index (χ2v) is 8.35. The lowest BCUT2D eigenvalue weighted by Crippen LogP contribution is -2.46. The molecule has 17 heavy (non-hydrogen) atoms. The van der Waals surface area contributed by atoms with Crippen molar-refractivity contribution >= 4 is 9.84 Å². The molecule has 0 aliphatic carbocycles. The van der Waals surface area contributed by atoms with Gasteiger partial charge in [-0.3, -0.25) is 4.90 Å². The van der Waals surface area contributed by atoms with Crippen molar-refractivity contribution in [2.75, 3.05) is 31.6 Å². The van der Waals surface area contributed by atoms with Crippen LogP contribution >= 0.6 is 0 Å². The van der Waals surface area contributed by atoms with Crippen molar-refractivity contribution in [3.05, 3.63) is 0 Å². The number of likely N-dealkylation sites (tertiary alicyclic amines) is 1. The zero-order chi connectivity index (χ0) is 13.1. The van der Waals surface area contributed by atoms with Crippen molar-refractivity contribution in [3.8, 4) is 0 Å². The molecule has 5 heteroatoms. The zero-order valence-corrected chi connectivity index (χ0v) is 12.3. The summed E-state index contributed by atoms with van der Waals surface area (Å²) in [6, 6.07) is 0.496. The molecule has 0 saturated carbocycles. The fourth-order valence-corrected chi connectivity index (χ4v) is 2.69. The second kappa shape index (κ2) is 5.67. The SMILES string of the molecule is CC(C)(C)NCC1CCCN1CCS(C)(=O)=O. The third-order valence-electron chi connectivity index (χ3n) is 3.12. The van der Waals surface area contributed by atoms with Gasteiger partial charge in [-0.05, 0) is 40.2 Å². The molecule has 4 nitrogen and oxygen atoms in total. The van der Waals surface area contributed by atoms with Gasteiger partial charge in [0.15, 0.2) is 0 Å². The standard InChI is InChI=1S/C12H26N2O2S/c1-12(2,3)13-10-11-6-5-7-14(11)8-9-17(4,15)16/h11,13H,5-10H2,1-4H3. The van der Waals surface area contributed by atoms with E-state index in [9.17, 15) is 8.42 Å². The largest absolute Gasteiger partial charge is 0.311 e. The van der Waals surface area contributed by atoms with E-state index in [2.05, 4.69) is 31.0 Å². The minimum Gasteiger partial charge on any atom is -0.311 e. The second-order valence-electron chi connectivity index (χ2n) is 6.09. The summed E-state index contributed by atoms with van der Waals surface area (Å²) >= 11 is 0. The van der Waals surface area contributed by atoms with Crippen LogP contribution < -0.4 is 5.32 Å². The molecule has 1 aliphatic rings. The van der Waals surface area contributed by atoms with E-state index in [0.717, 1.165) is 13.1 Å². The first kappa shape index (κ1) is 14.9. The Hall–Kier alpha value is -0.130. The Labute approximate surface area is 106 Å². The van der Waals surface area contributed by atoms with Gasteiger partial charge in [0.25, 0.3) is 0 Å². The summed E-state index contributed by atoms with van der Waals surface area (Å²) in [5, 5.41) is 3.50. The van der Waals surface area contributed by atoms with Gasteiger partial charge < -0.3 is 5.32 Å². The monoisotopic (exact) mass is 262 g/mol. The average molecular weight is 262 g/mol. The molecule has 102 valence electrons. The predicted octanol–water partition coefficient (Wildman–Crippen LogP) is 0.884. The van der Waals surface area contributed by atoms with E-state index in [1.807, 2.05) is 0 Å². The average Bonchev–Trinajstić information content (AvgIpc) is 2.56. The summed E-state index contributed by atoms with van der Waals surface area (Å²) in [4.78, 5) is 2.31.